The average Bonchev–Trinajstić information content (AvgIpc) is 2.34. The van der Waals surface area contributed by atoms with Gasteiger partial charge in [0, 0.05) is 0 Å². The zero-order valence-corrected chi connectivity index (χ0v) is 14.7. The lowest BCUT2D eigenvalue weighted by Crippen LogP contribution is -2.31. The molecule has 1 rings (SSSR count). The number of hydrogen-bond donors (Lipinski definition) is 2. The molecule has 1 aromatic rings. The van der Waals surface area contributed by atoms with Crippen LogP contribution in [0.2, 0.25) is 0 Å². The normalized spacial score (nSPS) is 15.2. The molecule has 0 aliphatic heterocycles. The molecule has 0 aliphatic rings. The van der Waals surface area contributed by atoms with Gasteiger partial charge in [0.25, 0.3) is 0 Å². The number of carbonyl (C=O) groups is 1. The van der Waals surface area contributed by atoms with Crippen molar-refractivity contribution in [2.75, 3.05) is 0 Å². The largest absolute Gasteiger partial charge is 0.507 e. The van der Waals surface area contributed by atoms with Gasteiger partial charge in [-0.2, -0.15) is 0 Å². The maximum Gasteiger partial charge on any atom is 0.317 e. The smallest absolute Gasteiger partial charge is 0.317 e. The van der Waals surface area contributed by atoms with Gasteiger partial charge < -0.3 is 10.2 Å². The molecule has 1 unspecified atom stereocenters. The summed E-state index contributed by atoms with van der Waals surface area (Å²) in [6.45, 7) is 17.4. The van der Waals surface area contributed by atoms with Crippen molar-refractivity contribution >= 4 is 5.97 Å². The molecule has 22 heavy (non-hydrogen) atoms. The first-order chi connectivity index (χ1) is 9.75. The highest BCUT2D eigenvalue weighted by Crippen LogP contribution is 2.42. The van der Waals surface area contributed by atoms with Crippen molar-refractivity contribution in [2.45, 2.75) is 64.7 Å². The van der Waals surface area contributed by atoms with Crippen LogP contribution in [0, 0.1) is 0 Å². The van der Waals surface area contributed by atoms with Crippen LogP contribution in [0.15, 0.2) is 24.8 Å². The van der Waals surface area contributed by atoms with Crippen LogP contribution in [0.5, 0.6) is 5.75 Å². The number of phenols is 1. The second kappa shape index (κ2) is 5.45. The van der Waals surface area contributed by atoms with Gasteiger partial charge in [-0.15, -0.1) is 6.58 Å². The molecular weight excluding hydrogens is 276 g/mol. The van der Waals surface area contributed by atoms with Gasteiger partial charge in [0.1, 0.15) is 11.2 Å². The van der Waals surface area contributed by atoms with Crippen LogP contribution < -0.4 is 0 Å². The number of hydrogen-bond acceptors (Lipinski definition) is 2. The fourth-order valence-corrected chi connectivity index (χ4v) is 2.41. The average molecular weight is 304 g/mol. The van der Waals surface area contributed by atoms with Crippen molar-refractivity contribution in [1.82, 2.24) is 0 Å². The molecular formula is C19H28O3. The minimum absolute atomic E-state index is 0.251. The number of carboxylic acid groups (broad SMARTS) is 1. The molecule has 0 aliphatic carbocycles. The van der Waals surface area contributed by atoms with Crippen molar-refractivity contribution < 1.29 is 15.0 Å². The molecule has 0 heterocycles. The Hall–Kier alpha value is -1.77. The van der Waals surface area contributed by atoms with Crippen molar-refractivity contribution in [1.29, 1.82) is 0 Å². The van der Waals surface area contributed by atoms with Crippen LogP contribution in [0.4, 0.5) is 0 Å². The molecule has 0 bridgehead atoms. The van der Waals surface area contributed by atoms with Crippen LogP contribution in [-0.4, -0.2) is 16.2 Å². The maximum atomic E-state index is 11.7. The number of phenolic OH excluding ortho intramolecular Hbond substituents is 1. The first kappa shape index (κ1) is 18.3. The Morgan fingerprint density at radius 1 is 1.00 bits per heavy atom. The Labute approximate surface area is 133 Å². The fraction of sp³-hybridized carbons (Fsp3) is 0.526. The molecule has 0 aromatic heterocycles. The van der Waals surface area contributed by atoms with E-state index in [9.17, 15) is 15.0 Å². The summed E-state index contributed by atoms with van der Waals surface area (Å²) in [5.74, 6) is -0.701. The highest BCUT2D eigenvalue weighted by Gasteiger charge is 2.35. The predicted molar refractivity (Wildman–Crippen MR) is 90.7 cm³/mol. The Kier molecular flexibility index (Phi) is 4.53. The number of carboxylic acids is 1. The third-order valence-electron chi connectivity index (χ3n) is 4.18. The minimum Gasteiger partial charge on any atom is -0.507 e. The first-order valence-electron chi connectivity index (χ1n) is 7.50. The van der Waals surface area contributed by atoms with Gasteiger partial charge in [0.15, 0.2) is 0 Å². The second-order valence-corrected chi connectivity index (χ2v) is 8.13. The van der Waals surface area contributed by atoms with E-state index in [0.29, 0.717) is 5.56 Å². The van der Waals surface area contributed by atoms with Gasteiger partial charge in [-0.05, 0) is 34.4 Å². The number of aliphatic carboxylic acids is 1. The lowest BCUT2D eigenvalue weighted by Gasteiger charge is -2.31. The predicted octanol–water partition coefficient (Wildman–Crippen LogP) is 4.52. The number of aromatic hydroxyl groups is 1. The molecule has 3 heteroatoms. The van der Waals surface area contributed by atoms with Gasteiger partial charge in [0.05, 0.1) is 0 Å². The summed E-state index contributed by atoms with van der Waals surface area (Å²) in [4.78, 5) is 11.7. The number of benzene rings is 1. The first-order valence-corrected chi connectivity index (χ1v) is 7.50. The zero-order valence-electron chi connectivity index (χ0n) is 14.7. The van der Waals surface area contributed by atoms with E-state index in [4.69, 9.17) is 0 Å². The van der Waals surface area contributed by atoms with Gasteiger partial charge in [-0.1, -0.05) is 59.8 Å². The van der Waals surface area contributed by atoms with E-state index in [1.807, 2.05) is 41.5 Å². The van der Waals surface area contributed by atoms with Crippen LogP contribution in [0.1, 0.15) is 65.2 Å². The molecule has 0 saturated heterocycles. The lowest BCUT2D eigenvalue weighted by atomic mass is 9.73. The minimum atomic E-state index is -1.19. The van der Waals surface area contributed by atoms with Crippen molar-refractivity contribution in [2.24, 2.45) is 0 Å². The third kappa shape index (κ3) is 3.18. The molecule has 122 valence electrons. The molecule has 0 radical (unpaired) electrons. The van der Waals surface area contributed by atoms with E-state index in [1.165, 1.54) is 6.08 Å². The summed E-state index contributed by atoms with van der Waals surface area (Å²) < 4.78 is 0. The van der Waals surface area contributed by atoms with E-state index in [-0.39, 0.29) is 16.6 Å². The Balaban J connectivity index is 3.84. The van der Waals surface area contributed by atoms with Gasteiger partial charge in [-0.25, -0.2) is 0 Å². The summed E-state index contributed by atoms with van der Waals surface area (Å²) in [5.41, 5.74) is 0.380. The van der Waals surface area contributed by atoms with Gasteiger partial charge in [-0.3, -0.25) is 4.79 Å². The monoisotopic (exact) mass is 304 g/mol. The molecule has 0 fully saturated rings. The second-order valence-electron chi connectivity index (χ2n) is 8.13. The van der Waals surface area contributed by atoms with Crippen LogP contribution in [0.25, 0.3) is 0 Å². The number of rotatable bonds is 3. The highest BCUT2D eigenvalue weighted by molar-refractivity contribution is 5.83. The summed E-state index contributed by atoms with van der Waals surface area (Å²) in [6, 6.07) is 3.58. The summed E-state index contributed by atoms with van der Waals surface area (Å²) >= 11 is 0. The molecule has 0 amide bonds. The van der Waals surface area contributed by atoms with Crippen molar-refractivity contribution in [3.63, 3.8) is 0 Å². The van der Waals surface area contributed by atoms with Gasteiger partial charge in [0.2, 0.25) is 0 Å². The molecule has 0 spiro atoms. The molecule has 3 nitrogen and oxygen atoms in total. The van der Waals surface area contributed by atoms with Crippen LogP contribution in [-0.2, 0) is 21.0 Å². The van der Waals surface area contributed by atoms with Gasteiger partial charge >= 0.3 is 5.97 Å². The summed E-state index contributed by atoms with van der Waals surface area (Å²) in [6.07, 6.45) is 1.45. The lowest BCUT2D eigenvalue weighted by molar-refractivity contribution is -0.141. The molecule has 2 N–H and O–H groups in total. The summed E-state index contributed by atoms with van der Waals surface area (Å²) in [5, 5.41) is 20.3. The zero-order chi connectivity index (χ0) is 17.5. The van der Waals surface area contributed by atoms with E-state index in [1.54, 1.807) is 19.1 Å². The van der Waals surface area contributed by atoms with Crippen molar-refractivity contribution in [3.8, 4) is 5.75 Å². The molecule has 0 saturated carbocycles. The fourth-order valence-electron chi connectivity index (χ4n) is 2.41. The quantitative estimate of drug-likeness (QED) is 0.807. The highest BCUT2D eigenvalue weighted by atomic mass is 16.4. The Bertz CT molecular complexity index is 565. The molecule has 1 aromatic carbocycles. The van der Waals surface area contributed by atoms with E-state index in [2.05, 4.69) is 6.58 Å². The molecule has 1 atom stereocenters. The van der Waals surface area contributed by atoms with Crippen LogP contribution in [0.3, 0.4) is 0 Å². The van der Waals surface area contributed by atoms with E-state index < -0.39 is 11.4 Å². The van der Waals surface area contributed by atoms with E-state index >= 15 is 0 Å². The third-order valence-corrected chi connectivity index (χ3v) is 4.18. The SMILES string of the molecule is C=CC(C)(C(=O)O)c1cc(C(C)(C)C)c(O)c(C(C)(C)C)c1. The topological polar surface area (TPSA) is 57.5 Å². The Morgan fingerprint density at radius 2 is 1.36 bits per heavy atom. The van der Waals surface area contributed by atoms with Crippen LogP contribution >= 0.6 is 0 Å². The van der Waals surface area contributed by atoms with E-state index in [0.717, 1.165) is 11.1 Å². The standard InChI is InChI=1S/C19H28O3/c1-9-19(8,16(21)22)12-10-13(17(2,3)4)15(20)14(11-12)18(5,6)7/h9-11,20H,1H2,2-8H3,(H,21,22). The Morgan fingerprint density at radius 3 is 1.59 bits per heavy atom. The summed E-state index contributed by atoms with van der Waals surface area (Å²) in [7, 11) is 0. The van der Waals surface area contributed by atoms with Crippen molar-refractivity contribution in [3.05, 3.63) is 41.5 Å². The maximum absolute atomic E-state index is 11.7.